The molecule has 1 N–H and O–H groups in total. The van der Waals surface area contributed by atoms with Crippen molar-refractivity contribution in [3.63, 3.8) is 0 Å². The minimum Gasteiger partial charge on any atom is -0.394 e. The quantitative estimate of drug-likeness (QED) is 0.649. The molecule has 0 rings (SSSR count). The molecule has 0 aromatic carbocycles. The van der Waals surface area contributed by atoms with Gasteiger partial charge in [-0.2, -0.15) is 0 Å². The standard InChI is InChI=1S/C10H22O3/c1-5-7-12-9(10(2,3)4)13-8-6-11/h9,11H,5-8H2,1-4H3. The van der Waals surface area contributed by atoms with Crippen LogP contribution in [0.15, 0.2) is 0 Å². The summed E-state index contributed by atoms with van der Waals surface area (Å²) in [5, 5.41) is 8.63. The van der Waals surface area contributed by atoms with E-state index < -0.39 is 0 Å². The molecule has 0 bridgehead atoms. The Labute approximate surface area is 81.0 Å². The van der Waals surface area contributed by atoms with Crippen molar-refractivity contribution in [2.75, 3.05) is 19.8 Å². The van der Waals surface area contributed by atoms with Gasteiger partial charge in [-0.1, -0.05) is 27.7 Å². The van der Waals surface area contributed by atoms with Crippen LogP contribution in [0.5, 0.6) is 0 Å². The molecular weight excluding hydrogens is 168 g/mol. The van der Waals surface area contributed by atoms with E-state index in [-0.39, 0.29) is 18.3 Å². The van der Waals surface area contributed by atoms with Crippen molar-refractivity contribution in [1.82, 2.24) is 0 Å². The Morgan fingerprint density at radius 3 is 2.08 bits per heavy atom. The maximum Gasteiger partial charge on any atom is 0.162 e. The zero-order valence-corrected chi connectivity index (χ0v) is 9.17. The molecule has 0 aliphatic carbocycles. The van der Waals surface area contributed by atoms with Gasteiger partial charge < -0.3 is 14.6 Å². The maximum atomic E-state index is 8.63. The first-order valence-corrected chi connectivity index (χ1v) is 4.86. The first kappa shape index (κ1) is 12.9. The van der Waals surface area contributed by atoms with Crippen LogP contribution in [0, 0.1) is 5.41 Å². The van der Waals surface area contributed by atoms with Crippen LogP contribution in [0.4, 0.5) is 0 Å². The third-order valence-electron chi connectivity index (χ3n) is 1.54. The van der Waals surface area contributed by atoms with Crippen LogP contribution in [0.25, 0.3) is 0 Å². The summed E-state index contributed by atoms with van der Waals surface area (Å²) >= 11 is 0. The SMILES string of the molecule is CCCOC(OCCO)C(C)(C)C. The topological polar surface area (TPSA) is 38.7 Å². The maximum absolute atomic E-state index is 8.63. The van der Waals surface area contributed by atoms with Crippen LogP contribution in [0.1, 0.15) is 34.1 Å². The third-order valence-corrected chi connectivity index (χ3v) is 1.54. The van der Waals surface area contributed by atoms with Gasteiger partial charge in [-0.05, 0) is 6.42 Å². The minimum absolute atomic E-state index is 0.0374. The van der Waals surface area contributed by atoms with E-state index in [0.29, 0.717) is 13.2 Å². The summed E-state index contributed by atoms with van der Waals surface area (Å²) in [7, 11) is 0. The Bertz CT molecular complexity index is 110. The Balaban J connectivity index is 3.88. The second-order valence-electron chi connectivity index (χ2n) is 4.16. The van der Waals surface area contributed by atoms with Gasteiger partial charge in [0.15, 0.2) is 6.29 Å². The van der Waals surface area contributed by atoms with Gasteiger partial charge in [0.05, 0.1) is 13.2 Å². The van der Waals surface area contributed by atoms with E-state index in [2.05, 4.69) is 27.7 Å². The largest absolute Gasteiger partial charge is 0.394 e. The van der Waals surface area contributed by atoms with Crippen LogP contribution in [0.2, 0.25) is 0 Å². The van der Waals surface area contributed by atoms with Gasteiger partial charge in [-0.3, -0.25) is 0 Å². The number of hydrogen-bond acceptors (Lipinski definition) is 3. The minimum atomic E-state index is -0.223. The van der Waals surface area contributed by atoms with Crippen molar-refractivity contribution in [2.45, 2.75) is 40.4 Å². The van der Waals surface area contributed by atoms with Gasteiger partial charge in [-0.15, -0.1) is 0 Å². The van der Waals surface area contributed by atoms with Crippen LogP contribution in [0.3, 0.4) is 0 Å². The summed E-state index contributed by atoms with van der Waals surface area (Å²) in [4.78, 5) is 0. The van der Waals surface area contributed by atoms with Gasteiger partial charge >= 0.3 is 0 Å². The number of ether oxygens (including phenoxy) is 2. The van der Waals surface area contributed by atoms with E-state index in [9.17, 15) is 0 Å². The Morgan fingerprint density at radius 1 is 1.15 bits per heavy atom. The molecule has 0 saturated carbocycles. The molecule has 0 aromatic heterocycles. The molecule has 0 heterocycles. The van der Waals surface area contributed by atoms with Crippen LogP contribution < -0.4 is 0 Å². The van der Waals surface area contributed by atoms with Gasteiger partial charge in [0.2, 0.25) is 0 Å². The molecule has 13 heavy (non-hydrogen) atoms. The molecule has 80 valence electrons. The fourth-order valence-corrected chi connectivity index (χ4v) is 0.933. The zero-order valence-electron chi connectivity index (χ0n) is 9.17. The first-order chi connectivity index (χ1) is 6.02. The summed E-state index contributed by atoms with van der Waals surface area (Å²) in [6.45, 7) is 9.33. The van der Waals surface area contributed by atoms with Crippen LogP contribution in [-0.4, -0.2) is 31.2 Å². The number of aliphatic hydroxyl groups excluding tert-OH is 1. The molecule has 0 radical (unpaired) electrons. The molecule has 0 aliphatic rings. The van der Waals surface area contributed by atoms with Gasteiger partial charge in [0.1, 0.15) is 0 Å². The lowest BCUT2D eigenvalue weighted by atomic mass is 9.96. The second kappa shape index (κ2) is 6.35. The summed E-state index contributed by atoms with van der Waals surface area (Å²) in [5.41, 5.74) is -0.0374. The van der Waals surface area contributed by atoms with E-state index in [4.69, 9.17) is 14.6 Å². The molecule has 0 spiro atoms. The number of rotatable bonds is 6. The highest BCUT2D eigenvalue weighted by atomic mass is 16.7. The van der Waals surface area contributed by atoms with Crippen molar-refractivity contribution >= 4 is 0 Å². The molecule has 0 aromatic rings. The van der Waals surface area contributed by atoms with Crippen molar-refractivity contribution in [2.24, 2.45) is 5.41 Å². The molecule has 1 unspecified atom stereocenters. The molecule has 3 heteroatoms. The lowest BCUT2D eigenvalue weighted by Crippen LogP contribution is -2.33. The summed E-state index contributed by atoms with van der Waals surface area (Å²) in [6, 6.07) is 0. The van der Waals surface area contributed by atoms with E-state index in [1.165, 1.54) is 0 Å². The number of aliphatic hydroxyl groups is 1. The highest BCUT2D eigenvalue weighted by Gasteiger charge is 2.25. The Hall–Kier alpha value is -0.120. The molecule has 0 saturated heterocycles. The monoisotopic (exact) mass is 190 g/mol. The summed E-state index contributed by atoms with van der Waals surface area (Å²) in [5.74, 6) is 0. The zero-order chi connectivity index (χ0) is 10.3. The summed E-state index contributed by atoms with van der Waals surface area (Å²) in [6.07, 6.45) is 0.759. The van der Waals surface area contributed by atoms with Crippen LogP contribution in [-0.2, 0) is 9.47 Å². The fourth-order valence-electron chi connectivity index (χ4n) is 0.933. The Morgan fingerprint density at radius 2 is 1.69 bits per heavy atom. The van der Waals surface area contributed by atoms with Crippen molar-refractivity contribution in [3.8, 4) is 0 Å². The van der Waals surface area contributed by atoms with E-state index in [0.717, 1.165) is 6.42 Å². The molecular formula is C10H22O3. The molecule has 1 atom stereocenters. The van der Waals surface area contributed by atoms with E-state index >= 15 is 0 Å². The smallest absolute Gasteiger partial charge is 0.162 e. The van der Waals surface area contributed by atoms with Crippen molar-refractivity contribution in [3.05, 3.63) is 0 Å². The van der Waals surface area contributed by atoms with Gasteiger partial charge in [0, 0.05) is 12.0 Å². The van der Waals surface area contributed by atoms with Gasteiger partial charge in [0.25, 0.3) is 0 Å². The van der Waals surface area contributed by atoms with Crippen LogP contribution >= 0.6 is 0 Å². The molecule has 0 aliphatic heterocycles. The van der Waals surface area contributed by atoms with Gasteiger partial charge in [-0.25, -0.2) is 0 Å². The molecule has 0 amide bonds. The fraction of sp³-hybridized carbons (Fsp3) is 1.00. The highest BCUT2D eigenvalue weighted by Crippen LogP contribution is 2.23. The molecule has 0 fully saturated rings. The van der Waals surface area contributed by atoms with E-state index in [1.54, 1.807) is 0 Å². The van der Waals surface area contributed by atoms with Crippen molar-refractivity contribution in [1.29, 1.82) is 0 Å². The predicted octanol–water partition coefficient (Wildman–Crippen LogP) is 1.79. The van der Waals surface area contributed by atoms with E-state index in [1.807, 2.05) is 0 Å². The predicted molar refractivity (Wildman–Crippen MR) is 52.5 cm³/mol. The lowest BCUT2D eigenvalue weighted by molar-refractivity contribution is -0.197. The first-order valence-electron chi connectivity index (χ1n) is 4.86. The normalized spacial score (nSPS) is 14.5. The highest BCUT2D eigenvalue weighted by molar-refractivity contribution is 4.66. The molecule has 3 nitrogen and oxygen atoms in total. The number of hydrogen-bond donors (Lipinski definition) is 1. The Kier molecular flexibility index (Phi) is 6.29. The lowest BCUT2D eigenvalue weighted by Gasteiger charge is -2.30. The third kappa shape index (κ3) is 6.02. The van der Waals surface area contributed by atoms with Crippen molar-refractivity contribution < 1.29 is 14.6 Å². The average molecular weight is 190 g/mol. The second-order valence-corrected chi connectivity index (χ2v) is 4.16. The summed E-state index contributed by atoms with van der Waals surface area (Å²) < 4.78 is 10.9. The average Bonchev–Trinajstić information content (AvgIpc) is 2.02.